The van der Waals surface area contributed by atoms with Crippen LogP contribution in [0.25, 0.3) is 0 Å². The van der Waals surface area contributed by atoms with Gasteiger partial charge in [0.05, 0.1) is 6.26 Å². The van der Waals surface area contributed by atoms with Gasteiger partial charge in [-0.2, -0.15) is 0 Å². The smallest absolute Gasteiger partial charge is 0.352 e. The molecule has 11 heteroatoms. The van der Waals surface area contributed by atoms with Crippen molar-refractivity contribution in [1.29, 1.82) is 0 Å². The average Bonchev–Trinajstić information content (AvgIpc) is 3.14. The van der Waals surface area contributed by atoms with Crippen LogP contribution in [0, 0.1) is 0 Å². The van der Waals surface area contributed by atoms with Crippen LogP contribution in [0.3, 0.4) is 0 Å². The van der Waals surface area contributed by atoms with E-state index in [0.717, 1.165) is 11.8 Å². The topological polar surface area (TPSA) is 114 Å². The van der Waals surface area contributed by atoms with E-state index in [-0.39, 0.29) is 27.7 Å². The lowest BCUT2D eigenvalue weighted by atomic mass is 10.0. The minimum absolute atomic E-state index is 0.0461. The summed E-state index contributed by atoms with van der Waals surface area (Å²) in [5.74, 6) is -0.728. The van der Waals surface area contributed by atoms with Crippen LogP contribution in [-0.4, -0.2) is 49.9 Å². The van der Waals surface area contributed by atoms with Crippen molar-refractivity contribution in [3.8, 4) is 0 Å². The third kappa shape index (κ3) is 3.94. The molecule has 3 N–H and O–H groups in total. The van der Waals surface area contributed by atoms with Crippen LogP contribution in [-0.2, 0) is 9.59 Å². The molecule has 0 bridgehead atoms. The first-order valence-electron chi connectivity index (χ1n) is 6.51. The van der Waals surface area contributed by atoms with Gasteiger partial charge in [-0.3, -0.25) is 14.5 Å². The number of hydrogen-bond donors (Lipinski definition) is 2. The predicted molar refractivity (Wildman–Crippen MR) is 109 cm³/mol. The molecule has 2 atom stereocenters. The van der Waals surface area contributed by atoms with E-state index in [1.165, 1.54) is 22.9 Å². The Kier molecular flexibility index (Phi) is 7.45. The Labute approximate surface area is 169 Å². The fraction of sp³-hybridized carbons (Fsp3) is 0.308. The molecule has 1 amide bonds. The summed E-state index contributed by atoms with van der Waals surface area (Å²) in [6.07, 6.45) is 1.40. The van der Waals surface area contributed by atoms with Crippen LogP contribution in [0.5, 0.6) is 0 Å². The first-order chi connectivity index (χ1) is 11.5. The summed E-state index contributed by atoms with van der Waals surface area (Å²) in [5.41, 5.74) is 6.17. The van der Waals surface area contributed by atoms with Gasteiger partial charge in [0.1, 0.15) is 17.1 Å². The maximum absolute atomic E-state index is 11.9. The first kappa shape index (κ1) is 20.1. The zero-order chi connectivity index (χ0) is 17.9. The van der Waals surface area contributed by atoms with Gasteiger partial charge in [-0.25, -0.2) is 4.79 Å². The average molecular weight is 594 g/mol. The molecule has 1 aromatic heterocycles. The Morgan fingerprint density at radius 2 is 2.21 bits per heavy atom. The number of fused-ring (bicyclic) bond motifs is 1. The van der Waals surface area contributed by atoms with E-state index in [1.807, 2.05) is 0 Å². The van der Waals surface area contributed by atoms with Crippen LogP contribution in [0.2, 0.25) is 0 Å². The number of carboxylic acid groups (broad SMARTS) is 1. The van der Waals surface area contributed by atoms with Gasteiger partial charge in [-0.15, -0.1) is 11.8 Å². The first-order valence-corrected chi connectivity index (χ1v) is 14.8. The van der Waals surface area contributed by atoms with Crippen molar-refractivity contribution in [1.82, 2.24) is 4.90 Å². The van der Waals surface area contributed by atoms with E-state index in [9.17, 15) is 19.5 Å². The summed E-state index contributed by atoms with van der Waals surface area (Å²) in [7, 11) is 0. The zero-order valence-corrected chi connectivity index (χ0v) is 17.9. The molecule has 0 aliphatic carbocycles. The van der Waals surface area contributed by atoms with E-state index in [2.05, 4.69) is 37.2 Å². The third-order valence-corrected chi connectivity index (χ3v) is 5.71. The van der Waals surface area contributed by atoms with E-state index in [0.29, 0.717) is 11.3 Å². The lowest BCUT2D eigenvalue weighted by Gasteiger charge is -2.48. The molecular weight excluding hydrogens is 582 g/mol. The monoisotopic (exact) mass is 594 g/mol. The van der Waals surface area contributed by atoms with Gasteiger partial charge in [0.25, 0.3) is 5.12 Å². The highest BCUT2D eigenvalue weighted by Crippen LogP contribution is 2.40. The quantitative estimate of drug-likeness (QED) is 0.404. The SMILES string of the molecule is II.NC1C(=O)N2C(C(=O)O)=C(CSC(=O)c3ccco3)CSC12. The lowest BCUT2D eigenvalue weighted by Crippen LogP contribution is -2.68. The van der Waals surface area contributed by atoms with Gasteiger partial charge >= 0.3 is 5.97 Å². The van der Waals surface area contributed by atoms with Crippen molar-refractivity contribution < 1.29 is 23.9 Å². The number of aliphatic carboxylic acids is 1. The number of carboxylic acids is 1. The lowest BCUT2D eigenvalue weighted by molar-refractivity contribution is -0.147. The second kappa shape index (κ2) is 8.91. The van der Waals surface area contributed by atoms with Gasteiger partial charge in [0, 0.05) is 48.7 Å². The number of carbonyl (C=O) groups excluding carboxylic acids is 2. The zero-order valence-electron chi connectivity index (χ0n) is 12.0. The number of halogens is 2. The molecule has 0 aromatic carbocycles. The predicted octanol–water partition coefficient (Wildman–Crippen LogP) is 2.51. The van der Waals surface area contributed by atoms with Gasteiger partial charge in [-0.1, -0.05) is 11.8 Å². The number of nitrogens with zero attached hydrogens (tertiary/aromatic N) is 1. The number of rotatable bonds is 4. The largest absolute Gasteiger partial charge is 0.477 e. The molecule has 7 nitrogen and oxygen atoms in total. The summed E-state index contributed by atoms with van der Waals surface area (Å²) in [4.78, 5) is 36.4. The maximum atomic E-state index is 11.9. The summed E-state index contributed by atoms with van der Waals surface area (Å²) in [5, 5.41) is 8.77. The number of hydrogen-bond acceptors (Lipinski definition) is 7. The molecule has 3 heterocycles. The highest BCUT2D eigenvalue weighted by Gasteiger charge is 2.51. The van der Waals surface area contributed by atoms with Crippen molar-refractivity contribution in [3.05, 3.63) is 35.4 Å². The Balaban J connectivity index is 0.00000100. The highest BCUT2D eigenvalue weighted by atomic mass is 128. The highest BCUT2D eigenvalue weighted by molar-refractivity contribution is 15.0. The summed E-state index contributed by atoms with van der Waals surface area (Å²) < 4.78 is 5.00. The fourth-order valence-electron chi connectivity index (χ4n) is 2.31. The van der Waals surface area contributed by atoms with Crippen LogP contribution in [0.15, 0.2) is 34.1 Å². The molecule has 0 saturated carbocycles. The Bertz CT molecular complexity index is 680. The molecule has 1 aromatic rings. The normalized spacial score (nSPS) is 22.3. The van der Waals surface area contributed by atoms with E-state index in [1.54, 1.807) is 12.1 Å². The summed E-state index contributed by atoms with van der Waals surface area (Å²) in [6, 6.07) is 2.50. The molecule has 1 fully saturated rings. The summed E-state index contributed by atoms with van der Waals surface area (Å²) >= 11 is 6.61. The van der Waals surface area contributed by atoms with Crippen molar-refractivity contribution in [3.63, 3.8) is 0 Å². The number of furan rings is 1. The molecule has 2 unspecified atom stereocenters. The Morgan fingerprint density at radius 1 is 1.50 bits per heavy atom. The van der Waals surface area contributed by atoms with Crippen molar-refractivity contribution in [2.24, 2.45) is 5.73 Å². The fourth-order valence-corrected chi connectivity index (χ4v) is 4.53. The van der Waals surface area contributed by atoms with Gasteiger partial charge in [-0.05, 0) is 17.7 Å². The third-order valence-electron chi connectivity index (χ3n) is 3.39. The van der Waals surface area contributed by atoms with Gasteiger partial charge < -0.3 is 15.3 Å². The standard InChI is InChI=1S/C13H12N2O5S2.I2/c14-8-10(16)15-9(12(17)18)6(4-21-11(8)15)5-22-13(19)7-2-1-3-20-7;1-2/h1-3,8,11H,4-5,14H2,(H,17,18);. The molecular formula is C13H12I2N2O5S2. The van der Waals surface area contributed by atoms with E-state index >= 15 is 0 Å². The molecule has 2 aliphatic heterocycles. The minimum atomic E-state index is -1.17. The maximum Gasteiger partial charge on any atom is 0.352 e. The van der Waals surface area contributed by atoms with Crippen LogP contribution >= 0.6 is 60.8 Å². The van der Waals surface area contributed by atoms with Crippen LogP contribution < -0.4 is 5.73 Å². The van der Waals surface area contributed by atoms with E-state index in [4.69, 9.17) is 10.2 Å². The minimum Gasteiger partial charge on any atom is -0.477 e. The number of thioether (sulfide) groups is 2. The second-order valence-electron chi connectivity index (χ2n) is 4.75. The Hall–Kier alpha value is -0.250. The molecule has 0 radical (unpaired) electrons. The van der Waals surface area contributed by atoms with Crippen LogP contribution in [0.1, 0.15) is 10.6 Å². The van der Waals surface area contributed by atoms with Crippen molar-refractivity contribution in [2.45, 2.75) is 11.4 Å². The number of carbonyl (C=O) groups is 3. The second-order valence-corrected chi connectivity index (χ2v) is 6.80. The molecule has 24 heavy (non-hydrogen) atoms. The van der Waals surface area contributed by atoms with E-state index < -0.39 is 17.9 Å². The molecule has 1 saturated heterocycles. The van der Waals surface area contributed by atoms with Crippen LogP contribution in [0.4, 0.5) is 0 Å². The molecule has 2 aliphatic rings. The van der Waals surface area contributed by atoms with Crippen molar-refractivity contribution >= 4 is 77.7 Å². The van der Waals surface area contributed by atoms with Gasteiger partial charge in [0.15, 0.2) is 5.76 Å². The summed E-state index contributed by atoms with van der Waals surface area (Å²) in [6.45, 7) is 0. The molecule has 3 rings (SSSR count). The number of nitrogens with two attached hydrogens (primary N) is 1. The van der Waals surface area contributed by atoms with Crippen molar-refractivity contribution in [2.75, 3.05) is 11.5 Å². The Morgan fingerprint density at radius 3 is 2.79 bits per heavy atom. The molecule has 130 valence electrons. The number of β-lactam (4-membered cyclic amide) rings is 1. The molecule has 0 spiro atoms. The van der Waals surface area contributed by atoms with Gasteiger partial charge in [0.2, 0.25) is 5.91 Å². The number of amides is 1.